The predicted molar refractivity (Wildman–Crippen MR) is 225 cm³/mol. The summed E-state index contributed by atoms with van der Waals surface area (Å²) in [5.74, 6) is -1.16. The van der Waals surface area contributed by atoms with Crippen molar-refractivity contribution in [3.8, 4) is 0 Å². The summed E-state index contributed by atoms with van der Waals surface area (Å²) in [4.78, 5) is 78.8. The van der Waals surface area contributed by atoms with E-state index in [2.05, 4.69) is 65.1 Å². The lowest BCUT2D eigenvalue weighted by atomic mass is 9.93. The molecule has 0 spiro atoms. The Kier molecular flexibility index (Phi) is 22.3. The smallest absolute Gasteiger partial charge is 0.349 e. The minimum Gasteiger partial charge on any atom is -0.778 e. The van der Waals surface area contributed by atoms with Gasteiger partial charge in [0.1, 0.15) is 12.6 Å². The number of aliphatic carboxylic acids is 1. The first-order valence-corrected chi connectivity index (χ1v) is 23.4. The average molecular weight is 881 g/mol. The third kappa shape index (κ3) is 19.3. The van der Waals surface area contributed by atoms with Crippen LogP contribution in [-0.2, 0) is 39.4 Å². The predicted octanol–water partition coefficient (Wildman–Crippen LogP) is 5.12. The number of carbonyl (C=O) groups is 4. The molecular formula is C35H52Cl2N7O9PS2. The highest BCUT2D eigenvalue weighted by atomic mass is 35.5. The van der Waals surface area contributed by atoms with Gasteiger partial charge < -0.3 is 34.8 Å². The van der Waals surface area contributed by atoms with Gasteiger partial charge in [-0.15, -0.1) is 0 Å². The summed E-state index contributed by atoms with van der Waals surface area (Å²) < 4.78 is 14.8. The number of hydrogen-bond acceptors (Lipinski definition) is 14. The number of esters is 1. The lowest BCUT2D eigenvalue weighted by molar-refractivity contribution is -0.193. The van der Waals surface area contributed by atoms with E-state index < -0.39 is 32.4 Å². The number of benzene rings is 1. The second-order valence-electron chi connectivity index (χ2n) is 13.2. The molecule has 2 heterocycles. The number of nitrogens with one attached hydrogen (secondary N) is 3. The van der Waals surface area contributed by atoms with Crippen LogP contribution in [0.4, 0.5) is 17.6 Å². The summed E-state index contributed by atoms with van der Waals surface area (Å²) in [6.07, 6.45) is 12.3. The summed E-state index contributed by atoms with van der Waals surface area (Å²) in [6, 6.07) is 4.74. The first-order valence-electron chi connectivity index (χ1n) is 17.2. The van der Waals surface area contributed by atoms with Gasteiger partial charge in [-0.3, -0.25) is 19.7 Å². The highest BCUT2D eigenvalue weighted by Crippen LogP contribution is 2.37. The second kappa shape index (κ2) is 24.5. The second-order valence-corrected chi connectivity index (χ2v) is 18.9. The zero-order valence-corrected chi connectivity index (χ0v) is 37.1. The summed E-state index contributed by atoms with van der Waals surface area (Å²) in [7, 11) is -3.71. The molecule has 1 aliphatic heterocycles. The number of carbonyl (C=O) groups excluding carboxylic acids is 3. The topological polar surface area (TPSA) is 236 Å². The highest BCUT2D eigenvalue weighted by molar-refractivity contribution is 7.98. The number of imide groups is 1. The normalized spacial score (nSPS) is 15.0. The number of carboxylic acids is 1. The Labute approximate surface area is 345 Å². The maximum absolute atomic E-state index is 12.7. The van der Waals surface area contributed by atoms with E-state index in [1.54, 1.807) is 25.1 Å². The molecule has 2 aromatic rings. The molecule has 5 N–H and O–H groups in total. The van der Waals surface area contributed by atoms with E-state index in [-0.39, 0.29) is 29.0 Å². The van der Waals surface area contributed by atoms with Gasteiger partial charge >= 0.3 is 11.9 Å². The zero-order chi connectivity index (χ0) is 42.8. The standard InChI is InChI=1S/C19H17Cl2NO4.C10H19N5S.C3H8NO5P.C3H9S/c1-2-26-19(25)16(21)10-11-9-12(7-8-15(11)20)22-17(23)13-5-3-4-6-14(13)18(22)24;1-6-11-7-12-8(15-10(2,3)4)14-9(13-7)16-5;5-3(6)1-4-2-10(7,8)9;1-4(2)3/h7-10H,2-6H2,1H3;6H2,1-5H3,(H2,11,12,13,14,15);4H,1-2H2,(H,5,6)(H2,7,8,9);1-3H3/q;;;+1/p-1/b16-10-;;;. The molecule has 312 valence electrons. The summed E-state index contributed by atoms with van der Waals surface area (Å²) in [5, 5.41) is 17.2. The third-order valence-corrected chi connectivity index (χ3v) is 8.37. The van der Waals surface area contributed by atoms with Crippen LogP contribution in [0.1, 0.15) is 65.9 Å². The molecule has 0 saturated heterocycles. The van der Waals surface area contributed by atoms with Crippen molar-refractivity contribution in [3.05, 3.63) is 45.0 Å². The SMILES string of the molecule is CCNc1nc(NC(C)(C)C)nc(SC)n1.CCOC(=O)/C(Cl)=C/c1cc(N2C(=O)C3=C(CCCC3)C2=O)ccc1Cl.C[S+](C)C.O=C(O)CNCP(=O)([O-])O. The minimum atomic E-state index is -4.35. The van der Waals surface area contributed by atoms with Crippen molar-refractivity contribution in [2.24, 2.45) is 0 Å². The zero-order valence-electron chi connectivity index (χ0n) is 33.0. The van der Waals surface area contributed by atoms with Gasteiger partial charge in [-0.1, -0.05) is 35.0 Å². The Balaban J connectivity index is 0.000000444. The van der Waals surface area contributed by atoms with Crippen LogP contribution in [0, 0.1) is 0 Å². The molecule has 0 bridgehead atoms. The van der Waals surface area contributed by atoms with Crippen molar-refractivity contribution >= 4 is 101 Å². The maximum Gasteiger partial charge on any atom is 0.349 e. The van der Waals surface area contributed by atoms with Gasteiger partial charge in [-0.25, -0.2) is 9.69 Å². The van der Waals surface area contributed by atoms with Crippen molar-refractivity contribution in [1.82, 2.24) is 20.3 Å². The number of amides is 2. The highest BCUT2D eigenvalue weighted by Gasteiger charge is 2.39. The summed E-state index contributed by atoms with van der Waals surface area (Å²) >= 11 is 13.6. The molecule has 1 aromatic carbocycles. The van der Waals surface area contributed by atoms with E-state index in [4.69, 9.17) is 37.9 Å². The van der Waals surface area contributed by atoms with Crippen molar-refractivity contribution in [2.45, 2.75) is 71.0 Å². The largest absolute Gasteiger partial charge is 0.778 e. The van der Waals surface area contributed by atoms with Gasteiger partial charge in [0, 0.05) is 28.3 Å². The van der Waals surface area contributed by atoms with Crippen LogP contribution in [0.15, 0.2) is 39.5 Å². The molecule has 0 fully saturated rings. The number of nitrogens with zero attached hydrogens (tertiary/aromatic N) is 4. The van der Waals surface area contributed by atoms with Crippen LogP contribution in [-0.4, -0.2) is 105 Å². The molecule has 16 nitrogen and oxygen atoms in total. The molecule has 0 saturated carbocycles. The van der Waals surface area contributed by atoms with E-state index >= 15 is 0 Å². The monoisotopic (exact) mass is 879 g/mol. The first-order chi connectivity index (χ1) is 26.0. The van der Waals surface area contributed by atoms with Gasteiger partial charge in [0.25, 0.3) is 11.8 Å². The van der Waals surface area contributed by atoms with Crippen LogP contribution < -0.4 is 25.7 Å². The van der Waals surface area contributed by atoms with E-state index in [0.29, 0.717) is 63.1 Å². The Morgan fingerprint density at radius 3 is 2.09 bits per heavy atom. The van der Waals surface area contributed by atoms with Crippen LogP contribution in [0.2, 0.25) is 5.02 Å². The van der Waals surface area contributed by atoms with Gasteiger partial charge in [0.05, 0.1) is 43.9 Å². The molecule has 1 aliphatic carbocycles. The quantitative estimate of drug-likeness (QED) is 0.0465. The van der Waals surface area contributed by atoms with Gasteiger partial charge in [-0.05, 0) is 107 Å². The number of anilines is 3. The Bertz CT molecular complexity index is 1760. The summed E-state index contributed by atoms with van der Waals surface area (Å²) in [5.41, 5.74) is 1.99. The number of thioether (sulfide) groups is 1. The van der Waals surface area contributed by atoms with Crippen molar-refractivity contribution in [1.29, 1.82) is 0 Å². The van der Waals surface area contributed by atoms with Crippen molar-refractivity contribution < 1.29 is 43.4 Å². The molecule has 1 aromatic heterocycles. The minimum absolute atomic E-state index is 0.0550. The van der Waals surface area contributed by atoms with Gasteiger partial charge in [0.15, 0.2) is 5.16 Å². The number of carboxylic acid groups (broad SMARTS) is 1. The van der Waals surface area contributed by atoms with E-state index in [9.17, 15) is 28.6 Å². The summed E-state index contributed by atoms with van der Waals surface area (Å²) in [6.45, 7) is 10.4. The molecule has 56 heavy (non-hydrogen) atoms. The van der Waals surface area contributed by atoms with E-state index in [1.807, 2.05) is 18.5 Å². The Hall–Kier alpha value is -3.22. The first kappa shape index (κ1) is 50.8. The fraction of sp³-hybridized carbons (Fsp3) is 0.514. The van der Waals surface area contributed by atoms with Crippen molar-refractivity contribution in [3.63, 3.8) is 0 Å². The number of hydrogen-bond donors (Lipinski definition) is 5. The third-order valence-electron chi connectivity index (χ3n) is 6.59. The van der Waals surface area contributed by atoms with Crippen LogP contribution in [0.25, 0.3) is 6.08 Å². The molecule has 4 rings (SSSR count). The Morgan fingerprint density at radius 2 is 1.62 bits per heavy atom. The van der Waals surface area contributed by atoms with Crippen LogP contribution in [0.3, 0.4) is 0 Å². The number of ether oxygens (including phenoxy) is 1. The molecule has 21 heteroatoms. The molecule has 0 radical (unpaired) electrons. The molecule has 2 aliphatic rings. The van der Waals surface area contributed by atoms with E-state index in [1.165, 1.54) is 22.7 Å². The fourth-order valence-electron chi connectivity index (χ4n) is 4.53. The van der Waals surface area contributed by atoms with Crippen LogP contribution >= 0.6 is 42.6 Å². The molecule has 1 unspecified atom stereocenters. The van der Waals surface area contributed by atoms with Crippen molar-refractivity contribution in [2.75, 3.05) is 66.5 Å². The number of aromatic nitrogens is 3. The molecular weight excluding hydrogens is 828 g/mol. The maximum atomic E-state index is 12.7. The van der Waals surface area contributed by atoms with Gasteiger partial charge in [-0.2, -0.15) is 15.0 Å². The molecule has 1 atom stereocenters. The average Bonchev–Trinajstić information content (AvgIpc) is 3.33. The lowest BCUT2D eigenvalue weighted by Gasteiger charge is -2.20. The Morgan fingerprint density at radius 1 is 1.07 bits per heavy atom. The lowest BCUT2D eigenvalue weighted by Crippen LogP contribution is -2.31. The number of halogens is 2. The van der Waals surface area contributed by atoms with Crippen LogP contribution in [0.5, 0.6) is 0 Å². The fourth-order valence-corrected chi connectivity index (χ4v) is 5.62. The van der Waals surface area contributed by atoms with Gasteiger partial charge in [0.2, 0.25) is 11.9 Å². The number of rotatable bonds is 12. The molecule has 2 amide bonds. The van der Waals surface area contributed by atoms with E-state index in [0.717, 1.165) is 24.5 Å².